The Morgan fingerprint density at radius 2 is 1.75 bits per heavy atom. The van der Waals surface area contributed by atoms with E-state index in [1.54, 1.807) is 0 Å². The van der Waals surface area contributed by atoms with Crippen molar-refractivity contribution in [2.45, 2.75) is 51.7 Å². The molecule has 0 aliphatic rings. The van der Waals surface area contributed by atoms with Crippen molar-refractivity contribution in [3.05, 3.63) is 0 Å². The Morgan fingerprint density at radius 3 is 2.25 bits per heavy atom. The Hall–Kier alpha value is 0.177. The lowest BCUT2D eigenvalue weighted by molar-refractivity contribution is 0.245. The summed E-state index contributed by atoms with van der Waals surface area (Å²) in [4.78, 5) is 0. The maximum absolute atomic E-state index is 5.23. The fraction of sp³-hybridized carbons (Fsp3) is 1.00. The molecule has 0 saturated heterocycles. The Kier molecular flexibility index (Phi) is 6.77. The first kappa shape index (κ1) is 12.2. The van der Waals surface area contributed by atoms with Crippen LogP contribution < -0.4 is 0 Å². The fourth-order valence-electron chi connectivity index (χ4n) is 1.49. The van der Waals surface area contributed by atoms with Crippen LogP contribution >= 0.6 is 0 Å². The number of unbranched alkanes of at least 4 members (excludes halogenated alkanes) is 3. The van der Waals surface area contributed by atoms with Gasteiger partial charge in [-0.15, -0.1) is 0 Å². The second-order valence-electron chi connectivity index (χ2n) is 4.41. The summed E-state index contributed by atoms with van der Waals surface area (Å²) in [6, 6.07) is 1.43. The Balaban J connectivity index is 3.33. The van der Waals surface area contributed by atoms with Gasteiger partial charge in [-0.1, -0.05) is 51.7 Å². The summed E-state index contributed by atoms with van der Waals surface area (Å²) < 4.78 is 5.23. The molecule has 0 atom stereocenters. The van der Waals surface area contributed by atoms with Crippen LogP contribution in [0.4, 0.5) is 0 Å². The zero-order chi connectivity index (χ0) is 9.45. The molecule has 0 spiro atoms. The molecular formula is C10H24OSi. The second-order valence-corrected chi connectivity index (χ2v) is 9.52. The number of ether oxygens (including phenoxy) is 1. The number of hydrogen-bond acceptors (Lipinski definition) is 1. The highest BCUT2D eigenvalue weighted by atomic mass is 28.3. The molecule has 1 nitrogen and oxygen atoms in total. The van der Waals surface area contributed by atoms with Crippen molar-refractivity contribution >= 4 is 8.07 Å². The van der Waals surface area contributed by atoms with Crippen molar-refractivity contribution in [2.75, 3.05) is 13.3 Å². The van der Waals surface area contributed by atoms with Gasteiger partial charge in [0.05, 0.1) is 8.07 Å². The quantitative estimate of drug-likeness (QED) is 0.439. The predicted molar refractivity (Wildman–Crippen MR) is 58.3 cm³/mol. The molecule has 0 radical (unpaired) electrons. The topological polar surface area (TPSA) is 9.23 Å². The van der Waals surface area contributed by atoms with Gasteiger partial charge in [0.2, 0.25) is 0 Å². The molecule has 0 aliphatic carbocycles. The van der Waals surface area contributed by atoms with Crippen LogP contribution in [0.5, 0.6) is 0 Å². The minimum atomic E-state index is -0.976. The average molecular weight is 188 g/mol. The van der Waals surface area contributed by atoms with Gasteiger partial charge in [-0.25, -0.2) is 0 Å². The van der Waals surface area contributed by atoms with Crippen LogP contribution in [0, 0.1) is 0 Å². The average Bonchev–Trinajstić information content (AvgIpc) is 1.98. The van der Waals surface area contributed by atoms with E-state index in [1.807, 2.05) is 7.11 Å². The molecule has 0 saturated carbocycles. The van der Waals surface area contributed by atoms with Crippen LogP contribution in [0.25, 0.3) is 0 Å². The minimum Gasteiger partial charge on any atom is -0.388 e. The zero-order valence-electron chi connectivity index (χ0n) is 9.15. The SMILES string of the molecule is CCCCCC[Si](C)(C)COC. The van der Waals surface area contributed by atoms with E-state index in [1.165, 1.54) is 31.7 Å². The largest absolute Gasteiger partial charge is 0.388 e. The number of hydrogen-bond donors (Lipinski definition) is 0. The molecular weight excluding hydrogens is 164 g/mol. The van der Waals surface area contributed by atoms with Gasteiger partial charge in [0, 0.05) is 13.3 Å². The molecule has 2 heteroatoms. The Bertz CT molecular complexity index is 102. The van der Waals surface area contributed by atoms with E-state index in [0.29, 0.717) is 0 Å². The molecule has 0 heterocycles. The monoisotopic (exact) mass is 188 g/mol. The number of rotatable bonds is 7. The molecule has 0 aromatic heterocycles. The number of methoxy groups -OCH3 is 1. The van der Waals surface area contributed by atoms with E-state index in [4.69, 9.17) is 4.74 Å². The lowest BCUT2D eigenvalue weighted by atomic mass is 10.2. The summed E-state index contributed by atoms with van der Waals surface area (Å²) >= 11 is 0. The molecule has 0 fully saturated rings. The highest BCUT2D eigenvalue weighted by molar-refractivity contribution is 6.77. The van der Waals surface area contributed by atoms with Gasteiger partial charge >= 0.3 is 0 Å². The van der Waals surface area contributed by atoms with Gasteiger partial charge in [-0.2, -0.15) is 0 Å². The molecule has 0 rings (SSSR count). The van der Waals surface area contributed by atoms with Gasteiger partial charge in [-0.3, -0.25) is 0 Å². The maximum atomic E-state index is 5.23. The lowest BCUT2D eigenvalue weighted by Gasteiger charge is -2.20. The molecule has 0 unspecified atom stereocenters. The van der Waals surface area contributed by atoms with E-state index >= 15 is 0 Å². The summed E-state index contributed by atoms with van der Waals surface area (Å²) in [7, 11) is 0.845. The summed E-state index contributed by atoms with van der Waals surface area (Å²) in [6.07, 6.45) is 6.59. The van der Waals surface area contributed by atoms with Crippen molar-refractivity contribution in [1.82, 2.24) is 0 Å². The standard InChI is InChI=1S/C10H24OSi/c1-5-6-7-8-9-12(3,4)10-11-2/h5-10H2,1-4H3. The van der Waals surface area contributed by atoms with Gasteiger partial charge < -0.3 is 4.74 Å². The Morgan fingerprint density at radius 1 is 1.08 bits per heavy atom. The third kappa shape index (κ3) is 6.86. The molecule has 0 bridgehead atoms. The molecule has 0 aromatic carbocycles. The van der Waals surface area contributed by atoms with E-state index in [-0.39, 0.29) is 0 Å². The molecule has 0 N–H and O–H groups in total. The van der Waals surface area contributed by atoms with Crippen LogP contribution in [-0.4, -0.2) is 21.4 Å². The van der Waals surface area contributed by atoms with Crippen LogP contribution in [0.3, 0.4) is 0 Å². The van der Waals surface area contributed by atoms with Crippen LogP contribution in [0.1, 0.15) is 32.6 Å². The van der Waals surface area contributed by atoms with E-state index < -0.39 is 8.07 Å². The highest BCUT2D eigenvalue weighted by Gasteiger charge is 2.19. The minimum absolute atomic E-state index is 0.976. The smallest absolute Gasteiger partial charge is 0.0776 e. The molecule has 12 heavy (non-hydrogen) atoms. The molecule has 0 amide bonds. The third-order valence-electron chi connectivity index (χ3n) is 2.24. The van der Waals surface area contributed by atoms with Crippen LogP contribution in [-0.2, 0) is 4.74 Å². The van der Waals surface area contributed by atoms with Crippen molar-refractivity contribution in [2.24, 2.45) is 0 Å². The van der Waals surface area contributed by atoms with E-state index in [0.717, 1.165) is 6.23 Å². The molecule has 0 aromatic rings. The van der Waals surface area contributed by atoms with Gasteiger partial charge in [-0.05, 0) is 0 Å². The van der Waals surface area contributed by atoms with Gasteiger partial charge in [0.25, 0.3) is 0 Å². The van der Waals surface area contributed by atoms with Crippen LogP contribution in [0.15, 0.2) is 0 Å². The van der Waals surface area contributed by atoms with Crippen molar-refractivity contribution in [3.63, 3.8) is 0 Å². The third-order valence-corrected chi connectivity index (χ3v) is 5.02. The molecule has 74 valence electrons. The second kappa shape index (κ2) is 6.67. The molecule has 0 aliphatic heterocycles. The first-order valence-electron chi connectivity index (χ1n) is 5.11. The summed E-state index contributed by atoms with van der Waals surface area (Å²) in [5.74, 6) is 0. The first-order valence-corrected chi connectivity index (χ1v) is 8.53. The normalized spacial score (nSPS) is 12.0. The van der Waals surface area contributed by atoms with E-state index in [9.17, 15) is 0 Å². The summed E-state index contributed by atoms with van der Waals surface area (Å²) in [5.41, 5.74) is 0. The van der Waals surface area contributed by atoms with Crippen molar-refractivity contribution in [3.8, 4) is 0 Å². The van der Waals surface area contributed by atoms with E-state index in [2.05, 4.69) is 20.0 Å². The fourth-order valence-corrected chi connectivity index (χ4v) is 3.63. The van der Waals surface area contributed by atoms with Gasteiger partial charge in [0.1, 0.15) is 0 Å². The first-order chi connectivity index (χ1) is 5.62. The highest BCUT2D eigenvalue weighted by Crippen LogP contribution is 2.15. The van der Waals surface area contributed by atoms with Gasteiger partial charge in [0.15, 0.2) is 0 Å². The Labute approximate surface area is 78.5 Å². The van der Waals surface area contributed by atoms with Crippen LogP contribution in [0.2, 0.25) is 19.1 Å². The van der Waals surface area contributed by atoms with Crippen molar-refractivity contribution in [1.29, 1.82) is 0 Å². The predicted octanol–water partition coefficient (Wildman–Crippen LogP) is 3.46. The maximum Gasteiger partial charge on any atom is 0.0776 e. The zero-order valence-corrected chi connectivity index (χ0v) is 10.2. The van der Waals surface area contributed by atoms with Crippen molar-refractivity contribution < 1.29 is 4.74 Å². The summed E-state index contributed by atoms with van der Waals surface area (Å²) in [5, 5.41) is 0. The lowest BCUT2D eigenvalue weighted by Crippen LogP contribution is -2.31. The summed E-state index contributed by atoms with van der Waals surface area (Å²) in [6.45, 7) is 7.10.